The van der Waals surface area contributed by atoms with Crippen LogP contribution in [0.25, 0.3) is 0 Å². The highest BCUT2D eigenvalue weighted by Gasteiger charge is 2.27. The van der Waals surface area contributed by atoms with Crippen LogP contribution in [0.15, 0.2) is 0 Å². The van der Waals surface area contributed by atoms with E-state index in [2.05, 4.69) is 10.00 Å². The molecule has 2 fully saturated rings. The lowest BCUT2D eigenvalue weighted by molar-refractivity contribution is -0.121. The van der Waals surface area contributed by atoms with E-state index in [0.717, 1.165) is 50.4 Å². The molecule has 114 valence electrons. The lowest BCUT2D eigenvalue weighted by Crippen LogP contribution is -2.25. The van der Waals surface area contributed by atoms with E-state index in [0.29, 0.717) is 19.1 Å². The number of rotatable bonds is 6. The summed E-state index contributed by atoms with van der Waals surface area (Å²) in [6, 6.07) is 0.446. The minimum atomic E-state index is 0.166. The molecule has 0 atom stereocenters. The molecule has 5 nitrogen and oxygen atoms in total. The molecule has 5 heteroatoms. The highest BCUT2D eigenvalue weighted by Crippen LogP contribution is 2.32. The second-order valence-electron chi connectivity index (χ2n) is 6.64. The smallest absolute Gasteiger partial charge is 0.220 e. The van der Waals surface area contributed by atoms with Crippen molar-refractivity contribution in [2.45, 2.75) is 64.1 Å². The highest BCUT2D eigenvalue weighted by atomic mass is 16.5. The number of ether oxygens (including phenoxy) is 1. The number of aryl methyl sites for hydroxylation is 1. The van der Waals surface area contributed by atoms with Crippen molar-refractivity contribution in [3.8, 4) is 0 Å². The van der Waals surface area contributed by atoms with E-state index in [9.17, 15) is 4.79 Å². The number of hydrogen-bond donors (Lipinski definition) is 1. The number of hydrogen-bond acceptors (Lipinski definition) is 3. The number of carbonyl (C=O) groups excluding carboxylic acids is 1. The Morgan fingerprint density at radius 3 is 2.95 bits per heavy atom. The van der Waals surface area contributed by atoms with Crippen LogP contribution in [0.2, 0.25) is 0 Å². The number of aromatic nitrogens is 2. The summed E-state index contributed by atoms with van der Waals surface area (Å²) >= 11 is 0. The molecule has 0 aromatic carbocycles. The fourth-order valence-corrected chi connectivity index (χ4v) is 3.03. The first kappa shape index (κ1) is 13.3. The molecular weight excluding hydrogens is 266 g/mol. The van der Waals surface area contributed by atoms with Crippen LogP contribution in [0.3, 0.4) is 0 Å². The summed E-state index contributed by atoms with van der Waals surface area (Å²) in [5.41, 5.74) is 3.68. The number of amides is 1. The van der Waals surface area contributed by atoms with Crippen molar-refractivity contribution >= 4 is 5.91 Å². The minimum Gasteiger partial charge on any atom is -0.376 e. The Kier molecular flexibility index (Phi) is 3.45. The Bertz CT molecular complexity index is 544. The van der Waals surface area contributed by atoms with Crippen LogP contribution in [0.1, 0.15) is 49.1 Å². The number of nitrogens with one attached hydrogen (secondary N) is 1. The van der Waals surface area contributed by atoms with E-state index in [1.165, 1.54) is 24.1 Å². The van der Waals surface area contributed by atoms with Gasteiger partial charge in [0.1, 0.15) is 0 Å². The predicted octanol–water partition coefficient (Wildman–Crippen LogP) is 1.58. The fourth-order valence-electron chi connectivity index (χ4n) is 3.03. The topological polar surface area (TPSA) is 56.2 Å². The first-order valence-corrected chi connectivity index (χ1v) is 8.24. The van der Waals surface area contributed by atoms with Crippen LogP contribution in [-0.4, -0.2) is 28.3 Å². The van der Waals surface area contributed by atoms with Crippen LogP contribution < -0.4 is 5.32 Å². The quantitative estimate of drug-likeness (QED) is 0.865. The summed E-state index contributed by atoms with van der Waals surface area (Å²) in [6.07, 6.45) is 7.21. The lowest BCUT2D eigenvalue weighted by Gasteiger charge is -2.15. The number of fused-ring (bicyclic) bond motifs is 1. The van der Waals surface area contributed by atoms with Gasteiger partial charge in [0.2, 0.25) is 5.91 Å². The Morgan fingerprint density at radius 1 is 1.33 bits per heavy atom. The molecule has 4 rings (SSSR count). The van der Waals surface area contributed by atoms with Crippen molar-refractivity contribution in [2.24, 2.45) is 5.92 Å². The van der Waals surface area contributed by atoms with Gasteiger partial charge in [0.05, 0.1) is 18.9 Å². The molecule has 0 saturated heterocycles. The van der Waals surface area contributed by atoms with Crippen LogP contribution in [0.5, 0.6) is 0 Å². The molecule has 1 aromatic heterocycles. The summed E-state index contributed by atoms with van der Waals surface area (Å²) in [5, 5.41) is 7.84. The minimum absolute atomic E-state index is 0.166. The van der Waals surface area contributed by atoms with E-state index < -0.39 is 0 Å². The van der Waals surface area contributed by atoms with Crippen molar-refractivity contribution in [1.82, 2.24) is 15.1 Å². The molecule has 1 amide bonds. The highest BCUT2D eigenvalue weighted by molar-refractivity contribution is 5.76. The zero-order valence-electron chi connectivity index (χ0n) is 12.4. The number of nitrogens with zero attached hydrogens (tertiary/aromatic N) is 2. The molecule has 0 spiro atoms. The second kappa shape index (κ2) is 5.44. The molecule has 2 saturated carbocycles. The third-order valence-electron chi connectivity index (χ3n) is 4.64. The van der Waals surface area contributed by atoms with Gasteiger partial charge in [0, 0.05) is 43.1 Å². The maximum absolute atomic E-state index is 11.9. The van der Waals surface area contributed by atoms with Gasteiger partial charge in [0.25, 0.3) is 0 Å². The molecular formula is C16H23N3O2. The van der Waals surface area contributed by atoms with Gasteiger partial charge in [-0.05, 0) is 31.6 Å². The first-order chi connectivity index (χ1) is 10.3. The van der Waals surface area contributed by atoms with Crippen molar-refractivity contribution in [2.75, 3.05) is 6.61 Å². The van der Waals surface area contributed by atoms with E-state index in [-0.39, 0.29) is 5.91 Å². The summed E-state index contributed by atoms with van der Waals surface area (Å²) in [7, 11) is 0. The SMILES string of the molecule is O=C(CCc1nn(CC2CC2)c2c1COCC2)NC1CC1. The van der Waals surface area contributed by atoms with Gasteiger partial charge in [-0.25, -0.2) is 0 Å². The summed E-state index contributed by atoms with van der Waals surface area (Å²) in [6.45, 7) is 2.52. The van der Waals surface area contributed by atoms with Gasteiger partial charge < -0.3 is 10.1 Å². The monoisotopic (exact) mass is 289 g/mol. The largest absolute Gasteiger partial charge is 0.376 e. The molecule has 2 heterocycles. The van der Waals surface area contributed by atoms with Gasteiger partial charge in [-0.3, -0.25) is 9.48 Å². The summed E-state index contributed by atoms with van der Waals surface area (Å²) < 4.78 is 7.80. The molecule has 2 aliphatic carbocycles. The molecule has 21 heavy (non-hydrogen) atoms. The maximum Gasteiger partial charge on any atom is 0.220 e. The van der Waals surface area contributed by atoms with Crippen LogP contribution in [0, 0.1) is 5.92 Å². The van der Waals surface area contributed by atoms with Crippen LogP contribution in [-0.2, 0) is 35.5 Å². The molecule has 0 bridgehead atoms. The second-order valence-corrected chi connectivity index (χ2v) is 6.64. The average molecular weight is 289 g/mol. The zero-order chi connectivity index (χ0) is 14.2. The predicted molar refractivity (Wildman–Crippen MR) is 77.8 cm³/mol. The number of carbonyl (C=O) groups is 1. The Morgan fingerprint density at radius 2 is 2.19 bits per heavy atom. The molecule has 1 N–H and O–H groups in total. The van der Waals surface area contributed by atoms with Gasteiger partial charge in [-0.2, -0.15) is 5.10 Å². The van der Waals surface area contributed by atoms with Gasteiger partial charge in [0.15, 0.2) is 0 Å². The van der Waals surface area contributed by atoms with E-state index in [4.69, 9.17) is 9.84 Å². The molecule has 0 unspecified atom stereocenters. The summed E-state index contributed by atoms with van der Waals surface area (Å²) in [5.74, 6) is 0.989. The van der Waals surface area contributed by atoms with E-state index in [1.54, 1.807) is 0 Å². The lowest BCUT2D eigenvalue weighted by atomic mass is 10.1. The van der Waals surface area contributed by atoms with Crippen molar-refractivity contribution in [3.63, 3.8) is 0 Å². The van der Waals surface area contributed by atoms with Gasteiger partial charge in [-0.1, -0.05) is 0 Å². The Labute approximate surface area is 125 Å². The third kappa shape index (κ3) is 3.12. The summed E-state index contributed by atoms with van der Waals surface area (Å²) in [4.78, 5) is 11.9. The van der Waals surface area contributed by atoms with Gasteiger partial charge in [-0.15, -0.1) is 0 Å². The Hall–Kier alpha value is -1.36. The fraction of sp³-hybridized carbons (Fsp3) is 0.750. The normalized spacial score (nSPS) is 21.1. The van der Waals surface area contributed by atoms with Crippen molar-refractivity contribution < 1.29 is 9.53 Å². The van der Waals surface area contributed by atoms with Crippen LogP contribution >= 0.6 is 0 Å². The van der Waals surface area contributed by atoms with E-state index in [1.807, 2.05) is 0 Å². The zero-order valence-corrected chi connectivity index (χ0v) is 12.4. The molecule has 0 radical (unpaired) electrons. The van der Waals surface area contributed by atoms with Crippen molar-refractivity contribution in [3.05, 3.63) is 17.0 Å². The first-order valence-electron chi connectivity index (χ1n) is 8.24. The molecule has 3 aliphatic rings. The van der Waals surface area contributed by atoms with Gasteiger partial charge >= 0.3 is 0 Å². The Balaban J connectivity index is 1.44. The van der Waals surface area contributed by atoms with E-state index >= 15 is 0 Å². The average Bonchev–Trinajstić information content (AvgIpc) is 3.39. The van der Waals surface area contributed by atoms with Crippen molar-refractivity contribution in [1.29, 1.82) is 0 Å². The third-order valence-corrected chi connectivity index (χ3v) is 4.64. The molecule has 1 aromatic rings. The standard InChI is InChI=1S/C16H23N3O2/c20-16(17-12-3-4-12)6-5-14-13-10-21-8-7-15(13)19(18-14)9-11-1-2-11/h11-12H,1-10H2,(H,17,20). The maximum atomic E-state index is 11.9. The molecule has 1 aliphatic heterocycles. The van der Waals surface area contributed by atoms with Crippen LogP contribution in [0.4, 0.5) is 0 Å².